The summed E-state index contributed by atoms with van der Waals surface area (Å²) in [7, 11) is 2.68. The van der Waals surface area contributed by atoms with Gasteiger partial charge in [0.1, 0.15) is 11.5 Å². The third-order valence-corrected chi connectivity index (χ3v) is 6.34. The number of ether oxygens (including phenoxy) is 2. The van der Waals surface area contributed by atoms with Crippen LogP contribution in [0.2, 0.25) is 0 Å². The maximum absolute atomic E-state index is 12.4. The summed E-state index contributed by atoms with van der Waals surface area (Å²) < 4.78 is 37.6. The lowest BCUT2D eigenvalue weighted by molar-refractivity contribution is 0.0940. The Balaban J connectivity index is 1.99. The molecule has 1 aromatic rings. The molecule has 1 aromatic carbocycles. The lowest BCUT2D eigenvalue weighted by Gasteiger charge is -2.33. The average Bonchev–Trinajstić information content (AvgIpc) is 2.65. The summed E-state index contributed by atoms with van der Waals surface area (Å²) in [6, 6.07) is 4.98. The zero-order chi connectivity index (χ0) is 19.3. The normalized spacial score (nSPS) is 18.6. The van der Waals surface area contributed by atoms with E-state index in [1.54, 1.807) is 18.2 Å². The van der Waals surface area contributed by atoms with Crippen molar-refractivity contribution in [1.82, 2.24) is 13.9 Å². The Morgan fingerprint density at radius 2 is 1.85 bits per heavy atom. The van der Waals surface area contributed by atoms with Gasteiger partial charge in [-0.3, -0.25) is 4.79 Å². The van der Waals surface area contributed by atoms with Gasteiger partial charge in [-0.1, -0.05) is 0 Å². The van der Waals surface area contributed by atoms with Crippen LogP contribution in [0.4, 0.5) is 0 Å². The number of carbonyl (C=O) groups excluding carboxylic acids is 1. The van der Waals surface area contributed by atoms with Crippen LogP contribution < -0.4 is 14.8 Å². The number of rotatable bonds is 7. The molecule has 9 heteroatoms. The number of benzene rings is 1. The maximum Gasteiger partial charge on any atom is 0.281 e. The van der Waals surface area contributed by atoms with Crippen molar-refractivity contribution in [3.05, 3.63) is 23.8 Å². The average molecular weight is 385 g/mol. The fraction of sp³-hybridized carbons (Fsp3) is 0.588. The molecule has 1 aliphatic rings. The van der Waals surface area contributed by atoms with E-state index in [1.807, 2.05) is 0 Å². The lowest BCUT2D eigenvalue weighted by atomic mass is 9.99. The second kappa shape index (κ2) is 8.70. The number of hydrogen-bond donors (Lipinski definition) is 1. The topological polar surface area (TPSA) is 88.2 Å². The van der Waals surface area contributed by atoms with Crippen molar-refractivity contribution in [3.8, 4) is 11.5 Å². The van der Waals surface area contributed by atoms with E-state index in [4.69, 9.17) is 9.47 Å². The van der Waals surface area contributed by atoms with Gasteiger partial charge in [-0.25, -0.2) is 0 Å². The summed E-state index contributed by atoms with van der Waals surface area (Å²) in [5, 5.41) is 2.89. The molecule has 1 N–H and O–H groups in total. The van der Waals surface area contributed by atoms with Gasteiger partial charge in [0.2, 0.25) is 0 Å². The van der Waals surface area contributed by atoms with Crippen molar-refractivity contribution in [2.24, 2.45) is 5.92 Å². The molecule has 1 saturated heterocycles. The molecule has 1 fully saturated rings. The second-order valence-electron chi connectivity index (χ2n) is 6.47. The number of nitrogens with zero attached hydrogens (tertiary/aromatic N) is 2. The van der Waals surface area contributed by atoms with Gasteiger partial charge in [0.15, 0.2) is 0 Å². The van der Waals surface area contributed by atoms with Crippen LogP contribution in [0.5, 0.6) is 11.5 Å². The predicted molar refractivity (Wildman–Crippen MR) is 98.8 cm³/mol. The second-order valence-corrected chi connectivity index (χ2v) is 8.61. The molecule has 0 spiro atoms. The summed E-state index contributed by atoms with van der Waals surface area (Å²) in [4.78, 5) is 12.4. The van der Waals surface area contributed by atoms with Crippen molar-refractivity contribution >= 4 is 16.1 Å². The van der Waals surface area contributed by atoms with Crippen molar-refractivity contribution in [2.75, 3.05) is 47.9 Å². The van der Waals surface area contributed by atoms with Crippen LogP contribution >= 0.6 is 0 Å². The van der Waals surface area contributed by atoms with E-state index in [0.717, 1.165) is 12.8 Å². The van der Waals surface area contributed by atoms with Crippen LogP contribution in [0.1, 0.15) is 23.2 Å². The summed E-state index contributed by atoms with van der Waals surface area (Å²) in [5.41, 5.74) is 0.440. The minimum atomic E-state index is -3.42. The zero-order valence-corrected chi connectivity index (χ0v) is 16.5. The highest BCUT2D eigenvalue weighted by Gasteiger charge is 2.30. The van der Waals surface area contributed by atoms with Gasteiger partial charge in [0.25, 0.3) is 16.1 Å². The summed E-state index contributed by atoms with van der Waals surface area (Å²) >= 11 is 0. The summed E-state index contributed by atoms with van der Waals surface area (Å²) in [5.74, 6) is 0.913. The zero-order valence-electron chi connectivity index (χ0n) is 15.7. The maximum atomic E-state index is 12.4. The number of hydrogen-bond acceptors (Lipinski definition) is 5. The first-order chi connectivity index (χ1) is 12.3. The molecule has 0 aromatic heterocycles. The van der Waals surface area contributed by atoms with E-state index in [0.29, 0.717) is 36.7 Å². The number of nitrogens with one attached hydrogen (secondary N) is 1. The molecule has 1 heterocycles. The lowest BCUT2D eigenvalue weighted by Crippen LogP contribution is -2.47. The van der Waals surface area contributed by atoms with Gasteiger partial charge in [0.05, 0.1) is 14.2 Å². The molecule has 1 atom stereocenters. The molecule has 146 valence electrons. The van der Waals surface area contributed by atoms with Crippen molar-refractivity contribution in [3.63, 3.8) is 0 Å². The van der Waals surface area contributed by atoms with Crippen LogP contribution in [-0.4, -0.2) is 70.9 Å². The summed E-state index contributed by atoms with van der Waals surface area (Å²) in [6.07, 6.45) is 1.65. The Labute approximate surface area is 155 Å². The monoisotopic (exact) mass is 385 g/mol. The first kappa shape index (κ1) is 20.5. The van der Waals surface area contributed by atoms with Gasteiger partial charge < -0.3 is 14.8 Å². The number of carbonyl (C=O) groups is 1. The highest BCUT2D eigenvalue weighted by molar-refractivity contribution is 7.86. The van der Waals surface area contributed by atoms with Crippen LogP contribution in [0, 0.1) is 5.92 Å². The fourth-order valence-corrected chi connectivity index (χ4v) is 4.13. The molecule has 1 aliphatic heterocycles. The van der Waals surface area contributed by atoms with Gasteiger partial charge in [0, 0.05) is 45.4 Å². The van der Waals surface area contributed by atoms with E-state index < -0.39 is 10.2 Å². The number of methoxy groups -OCH3 is 2. The minimum Gasteiger partial charge on any atom is -0.497 e. The SMILES string of the molecule is COc1cc(OC)cc(C(=O)NCC2CCCN(S(=O)(=O)N(C)C)C2)c1. The van der Waals surface area contributed by atoms with Gasteiger partial charge in [-0.2, -0.15) is 17.0 Å². The molecule has 0 radical (unpaired) electrons. The molecule has 0 saturated carbocycles. The van der Waals surface area contributed by atoms with Crippen LogP contribution in [0.15, 0.2) is 18.2 Å². The van der Waals surface area contributed by atoms with Crippen molar-refractivity contribution in [1.29, 1.82) is 0 Å². The Kier molecular flexibility index (Phi) is 6.85. The highest BCUT2D eigenvalue weighted by atomic mass is 32.2. The minimum absolute atomic E-state index is 0.0786. The van der Waals surface area contributed by atoms with Crippen LogP contribution in [-0.2, 0) is 10.2 Å². The first-order valence-electron chi connectivity index (χ1n) is 8.46. The van der Waals surface area contributed by atoms with E-state index in [9.17, 15) is 13.2 Å². The van der Waals surface area contributed by atoms with Gasteiger partial charge >= 0.3 is 0 Å². The van der Waals surface area contributed by atoms with Crippen LogP contribution in [0.3, 0.4) is 0 Å². The molecule has 1 unspecified atom stereocenters. The van der Waals surface area contributed by atoms with E-state index in [-0.39, 0.29) is 11.8 Å². The Morgan fingerprint density at radius 1 is 1.23 bits per heavy atom. The third-order valence-electron chi connectivity index (χ3n) is 4.43. The molecule has 0 aliphatic carbocycles. The van der Waals surface area contributed by atoms with Crippen LogP contribution in [0.25, 0.3) is 0 Å². The fourth-order valence-electron chi connectivity index (χ4n) is 2.91. The molecule has 26 heavy (non-hydrogen) atoms. The van der Waals surface area contributed by atoms with Gasteiger partial charge in [-0.15, -0.1) is 0 Å². The van der Waals surface area contributed by atoms with Crippen molar-refractivity contribution in [2.45, 2.75) is 12.8 Å². The Bertz CT molecular complexity index is 714. The largest absolute Gasteiger partial charge is 0.497 e. The molecule has 8 nitrogen and oxygen atoms in total. The smallest absolute Gasteiger partial charge is 0.281 e. The van der Waals surface area contributed by atoms with E-state index in [2.05, 4.69) is 5.32 Å². The highest BCUT2D eigenvalue weighted by Crippen LogP contribution is 2.23. The molecule has 0 bridgehead atoms. The quantitative estimate of drug-likeness (QED) is 0.755. The first-order valence-corrected chi connectivity index (χ1v) is 9.86. The molecular weight excluding hydrogens is 358 g/mol. The number of amides is 1. The molecule has 2 rings (SSSR count). The van der Waals surface area contributed by atoms with E-state index >= 15 is 0 Å². The Morgan fingerprint density at radius 3 is 2.38 bits per heavy atom. The standard InChI is InChI=1S/C17H27N3O5S/c1-19(2)26(22,23)20-7-5-6-13(12-20)11-18-17(21)14-8-15(24-3)10-16(9-14)25-4/h8-10,13H,5-7,11-12H2,1-4H3,(H,18,21). The van der Waals surface area contributed by atoms with Gasteiger partial charge in [-0.05, 0) is 30.9 Å². The predicted octanol–water partition coefficient (Wildman–Crippen LogP) is 0.952. The van der Waals surface area contributed by atoms with E-state index in [1.165, 1.54) is 36.9 Å². The summed E-state index contributed by atoms with van der Waals surface area (Å²) in [6.45, 7) is 1.33. The number of piperidine rings is 1. The van der Waals surface area contributed by atoms with Crippen molar-refractivity contribution < 1.29 is 22.7 Å². The third kappa shape index (κ3) is 4.87. The molecular formula is C17H27N3O5S. The molecule has 1 amide bonds. The Hall–Kier alpha value is -1.84.